The number of likely N-dealkylation sites (tertiary alicyclic amines) is 1. The van der Waals surface area contributed by atoms with E-state index in [-0.39, 0.29) is 61.5 Å². The first-order chi connectivity index (χ1) is 31.8. The molecule has 0 radical (unpaired) electrons. The van der Waals surface area contributed by atoms with E-state index in [2.05, 4.69) is 85.1 Å². The molecule has 3 aliphatic rings. The molecule has 6 heterocycles. The summed E-state index contributed by atoms with van der Waals surface area (Å²) in [5, 5.41) is 5.45. The summed E-state index contributed by atoms with van der Waals surface area (Å²) in [6.45, 7) is 18.2. The Bertz CT molecular complexity index is 2520. The largest absolute Gasteiger partial charge is 0.464 e. The van der Waals surface area contributed by atoms with Crippen molar-refractivity contribution in [1.82, 2.24) is 35.2 Å². The zero-order chi connectivity index (χ0) is 48.4. The van der Waals surface area contributed by atoms with E-state index in [0.29, 0.717) is 55.7 Å². The van der Waals surface area contributed by atoms with Crippen LogP contribution in [-0.4, -0.2) is 131 Å². The van der Waals surface area contributed by atoms with Crippen molar-refractivity contribution in [3.8, 4) is 34.5 Å². The van der Waals surface area contributed by atoms with Crippen LogP contribution in [0.15, 0.2) is 47.1 Å². The molecule has 2 N–H and O–H groups in total. The second kappa shape index (κ2) is 20.3. The summed E-state index contributed by atoms with van der Waals surface area (Å²) in [6.07, 6.45) is 4.47. The molecule has 0 saturated carbocycles. The number of methoxy groups -OCH3 is 1. The van der Waals surface area contributed by atoms with E-state index in [1.165, 1.54) is 5.01 Å². The number of nitrogens with zero attached hydrogens (tertiary/aromatic N) is 6. The molecule has 3 aromatic heterocycles. The molecule has 16 nitrogen and oxygen atoms in total. The van der Waals surface area contributed by atoms with Gasteiger partial charge in [-0.05, 0) is 88.8 Å². The van der Waals surface area contributed by atoms with Crippen molar-refractivity contribution in [1.29, 1.82) is 0 Å². The Kier molecular flexibility index (Phi) is 15.0. The Balaban J connectivity index is 1.18. The van der Waals surface area contributed by atoms with Crippen molar-refractivity contribution in [2.24, 2.45) is 17.3 Å². The Hall–Kier alpha value is -5.60. The van der Waals surface area contributed by atoms with Gasteiger partial charge in [0, 0.05) is 66.9 Å². The number of carbonyl (C=O) groups excluding carboxylic acids is 4. The van der Waals surface area contributed by atoms with Crippen molar-refractivity contribution >= 4 is 34.6 Å². The number of quaternary nitrogens is 1. The summed E-state index contributed by atoms with van der Waals surface area (Å²) >= 11 is 0. The van der Waals surface area contributed by atoms with Gasteiger partial charge in [0.2, 0.25) is 5.91 Å². The van der Waals surface area contributed by atoms with Crippen LogP contribution in [0.25, 0.3) is 33.5 Å². The molecular formula is C51H69N8O8+. The van der Waals surface area contributed by atoms with Gasteiger partial charge in [-0.1, -0.05) is 27.7 Å². The minimum absolute atomic E-state index is 0.0455. The van der Waals surface area contributed by atoms with Gasteiger partial charge in [0.25, 0.3) is 5.91 Å². The van der Waals surface area contributed by atoms with Crippen LogP contribution in [0.5, 0.6) is 0 Å². The standard InChI is InChI=1S/C51H68N8O8/c1-12-57-42-18-17-34-23-37(42)38(47(57)36-15-13-20-52-46(36)33(6)64-11)25-51(7,8)30-66-50(63)40-16-14-21-58(55-40)49(62)41(24-44-53-26-43(34)67-44)54-48(61)39(31(2)3)29-65-35-27-56(28-35)45(60)19-22-59(9,10)32(4)5/h13,15,17-18,20,23,26,31-33,35,39-41,55H,12,14,16,21,24-25,27-30H2,1-11H3/p+1/t33-,39-,40?,41-/m0/s1. The minimum Gasteiger partial charge on any atom is -0.464 e. The molecule has 16 heteroatoms. The molecule has 0 aliphatic carbocycles. The number of aromatic nitrogens is 3. The van der Waals surface area contributed by atoms with Crippen LogP contribution in [0.3, 0.4) is 0 Å². The smallest absolute Gasteiger partial charge is 0.324 e. The Labute approximate surface area is 394 Å². The number of hydrazine groups is 1. The van der Waals surface area contributed by atoms with Crippen LogP contribution in [0.2, 0.25) is 0 Å². The third-order valence-electron chi connectivity index (χ3n) is 13.7. The zero-order valence-electron chi connectivity index (χ0n) is 41.1. The third-order valence-corrected chi connectivity index (χ3v) is 13.7. The van der Waals surface area contributed by atoms with Crippen molar-refractivity contribution in [3.63, 3.8) is 0 Å². The molecule has 67 heavy (non-hydrogen) atoms. The molecule has 3 amide bonds. The maximum absolute atomic E-state index is 14.5. The minimum atomic E-state index is -1.09. The number of amides is 3. The summed E-state index contributed by atoms with van der Waals surface area (Å²) in [6, 6.07) is 11.7. The van der Waals surface area contributed by atoms with Gasteiger partial charge in [-0.15, -0.1) is 0 Å². The fourth-order valence-corrected chi connectivity index (χ4v) is 8.76. The summed E-state index contributed by atoms with van der Waals surface area (Å²) in [5.74, 6) is 1.29. The number of ether oxygens (including phenoxy) is 3. The summed E-state index contributed by atoms with van der Waals surface area (Å²) in [4.78, 5) is 66.5. The van der Waals surface area contributed by atoms with Gasteiger partial charge in [0.1, 0.15) is 18.1 Å². The van der Waals surface area contributed by atoms with Crippen LogP contribution >= 0.6 is 0 Å². The molecular weight excluding hydrogens is 853 g/mol. The van der Waals surface area contributed by atoms with Crippen LogP contribution in [0.1, 0.15) is 91.5 Å². The van der Waals surface area contributed by atoms with Crippen molar-refractivity contribution < 1.29 is 42.3 Å². The fourth-order valence-electron chi connectivity index (χ4n) is 8.76. The summed E-state index contributed by atoms with van der Waals surface area (Å²) < 4.78 is 27.2. The van der Waals surface area contributed by atoms with Gasteiger partial charge in [0.05, 0.1) is 81.4 Å². The molecule has 1 unspecified atom stereocenters. The van der Waals surface area contributed by atoms with E-state index in [4.69, 9.17) is 23.6 Å². The molecule has 0 spiro atoms. The number of hydrogen-bond donors (Lipinski definition) is 2. The predicted molar refractivity (Wildman–Crippen MR) is 253 cm³/mol. The van der Waals surface area contributed by atoms with E-state index in [9.17, 15) is 19.2 Å². The molecule has 360 valence electrons. The van der Waals surface area contributed by atoms with Gasteiger partial charge < -0.3 is 33.4 Å². The maximum Gasteiger partial charge on any atom is 0.324 e. The Morgan fingerprint density at radius 1 is 1.09 bits per heavy atom. The first-order valence-electron chi connectivity index (χ1n) is 23.7. The molecule has 2 fully saturated rings. The molecule has 6 bridgehead atoms. The highest BCUT2D eigenvalue weighted by Gasteiger charge is 2.38. The first kappa shape index (κ1) is 49.3. The highest BCUT2D eigenvalue weighted by atomic mass is 16.5. The number of nitrogens with one attached hydrogen (secondary N) is 2. The average Bonchev–Trinajstić information content (AvgIpc) is 3.88. The maximum atomic E-state index is 14.5. The number of carbonyl (C=O) groups is 4. The van der Waals surface area contributed by atoms with Crippen LogP contribution in [-0.2, 0) is 52.8 Å². The topological polar surface area (TPSA) is 170 Å². The zero-order valence-corrected chi connectivity index (χ0v) is 41.1. The SMILES string of the molecule is CCn1c(-c2cccnc2[C@H](C)OC)c2c3cc(ccc31)-c1cnc(o1)C[C@H](NC(=O)[C@@H](COC1CN(C(=O)C#C[N+](C)(C)C(C)C)C1)C(C)C)C(=O)N1CCCC(N1)C(=O)OCC(C)(C)C2. The highest BCUT2D eigenvalue weighted by Crippen LogP contribution is 2.42. The molecule has 2 saturated heterocycles. The molecule has 3 aliphatic heterocycles. The number of rotatable bonds is 11. The molecule has 1 aromatic carbocycles. The number of aryl methyl sites for hydroxylation is 1. The van der Waals surface area contributed by atoms with E-state index in [1.54, 1.807) is 24.4 Å². The summed E-state index contributed by atoms with van der Waals surface area (Å²) in [7, 11) is 5.60. The predicted octanol–water partition coefficient (Wildman–Crippen LogP) is 5.68. The Morgan fingerprint density at radius 3 is 2.55 bits per heavy atom. The van der Waals surface area contributed by atoms with E-state index in [1.807, 2.05) is 47.0 Å². The number of fused-ring (bicyclic) bond motifs is 6. The lowest BCUT2D eigenvalue weighted by atomic mass is 9.84. The monoisotopic (exact) mass is 922 g/mol. The van der Waals surface area contributed by atoms with Crippen LogP contribution in [0, 0.1) is 29.2 Å². The molecule has 7 rings (SSSR count). The quantitative estimate of drug-likeness (QED) is 0.108. The average molecular weight is 922 g/mol. The first-order valence-corrected chi connectivity index (χ1v) is 23.7. The van der Waals surface area contributed by atoms with Crippen molar-refractivity contribution in [2.75, 3.05) is 54.1 Å². The highest BCUT2D eigenvalue weighted by molar-refractivity contribution is 5.95. The van der Waals surface area contributed by atoms with E-state index < -0.39 is 35.3 Å². The van der Waals surface area contributed by atoms with Crippen LogP contribution < -0.4 is 10.7 Å². The van der Waals surface area contributed by atoms with E-state index in [0.717, 1.165) is 39.0 Å². The number of cyclic esters (lactones) is 1. The van der Waals surface area contributed by atoms with E-state index >= 15 is 0 Å². The lowest BCUT2D eigenvalue weighted by molar-refractivity contribution is -0.845. The second-order valence-electron chi connectivity index (χ2n) is 20.1. The lowest BCUT2D eigenvalue weighted by Gasteiger charge is -2.38. The number of hydrogen-bond acceptors (Lipinski definition) is 11. The van der Waals surface area contributed by atoms with Gasteiger partial charge in [-0.25, -0.2) is 14.9 Å². The van der Waals surface area contributed by atoms with Crippen LogP contribution in [0.4, 0.5) is 0 Å². The van der Waals surface area contributed by atoms with Crippen molar-refractivity contribution in [2.45, 2.75) is 118 Å². The second-order valence-corrected chi connectivity index (χ2v) is 20.1. The van der Waals surface area contributed by atoms with Gasteiger partial charge >= 0.3 is 11.9 Å². The molecule has 4 aromatic rings. The van der Waals surface area contributed by atoms with Crippen molar-refractivity contribution in [3.05, 3.63) is 59.9 Å². The van der Waals surface area contributed by atoms with Gasteiger partial charge in [-0.3, -0.25) is 29.2 Å². The lowest BCUT2D eigenvalue weighted by Crippen LogP contribution is -2.61. The fraction of sp³-hybridized carbons (Fsp3) is 0.569. The third kappa shape index (κ3) is 10.9. The number of oxazole rings is 1. The van der Waals surface area contributed by atoms with Gasteiger partial charge in [0.15, 0.2) is 11.7 Å². The number of esters is 1. The number of pyridine rings is 1. The summed E-state index contributed by atoms with van der Waals surface area (Å²) in [5.41, 5.74) is 8.33. The normalized spacial score (nSPS) is 20.2. The number of benzene rings is 1. The Morgan fingerprint density at radius 2 is 1.85 bits per heavy atom. The molecule has 4 atom stereocenters. The van der Waals surface area contributed by atoms with Gasteiger partial charge in [-0.2, -0.15) is 0 Å².